The molecule has 3 aromatic carbocycles. The molecule has 0 aliphatic carbocycles. The fraction of sp³-hybridized carbons (Fsp3) is 0.321. The van der Waals surface area contributed by atoms with Crippen LogP contribution < -0.4 is 9.47 Å². The van der Waals surface area contributed by atoms with Gasteiger partial charge in [0.15, 0.2) is 6.61 Å². The van der Waals surface area contributed by atoms with E-state index in [-0.39, 0.29) is 18.6 Å². The Bertz CT molecular complexity index is 993. The summed E-state index contributed by atoms with van der Waals surface area (Å²) in [7, 11) is 1.63. The molecular formula is C28H32N2O3. The van der Waals surface area contributed by atoms with Gasteiger partial charge in [-0.2, -0.15) is 0 Å². The molecule has 0 radical (unpaired) electrons. The number of piperazine rings is 1. The molecule has 0 unspecified atom stereocenters. The van der Waals surface area contributed by atoms with Crippen LogP contribution in [0.5, 0.6) is 11.5 Å². The monoisotopic (exact) mass is 444 g/mol. The molecule has 0 spiro atoms. The standard InChI is InChI=1S/C28H32N2O3/c1-21-4-8-23(9-5-21)28(24-10-6-22(2)7-11-24)30-18-16-29(17-19-30)27(31)20-33-26-14-12-25(32-3)13-15-26/h4-15,28H,16-20H2,1-3H3. The van der Waals surface area contributed by atoms with Gasteiger partial charge >= 0.3 is 0 Å². The molecule has 0 atom stereocenters. The van der Waals surface area contributed by atoms with Crippen molar-refractivity contribution in [1.82, 2.24) is 9.80 Å². The van der Waals surface area contributed by atoms with Crippen molar-refractivity contribution < 1.29 is 14.3 Å². The summed E-state index contributed by atoms with van der Waals surface area (Å²) in [5, 5.41) is 0. The maximum absolute atomic E-state index is 12.7. The predicted octanol–water partition coefficient (Wildman–Crippen LogP) is 4.62. The minimum atomic E-state index is 0.0210. The number of carbonyl (C=O) groups excluding carboxylic acids is 1. The lowest BCUT2D eigenvalue weighted by molar-refractivity contribution is -0.135. The number of benzene rings is 3. The van der Waals surface area contributed by atoms with Gasteiger partial charge in [0, 0.05) is 26.2 Å². The molecule has 1 aliphatic heterocycles. The molecule has 5 nitrogen and oxygen atoms in total. The Labute approximate surface area is 196 Å². The van der Waals surface area contributed by atoms with Crippen LogP contribution in [0.25, 0.3) is 0 Å². The maximum atomic E-state index is 12.7. The zero-order chi connectivity index (χ0) is 23.2. The zero-order valence-corrected chi connectivity index (χ0v) is 19.7. The van der Waals surface area contributed by atoms with Crippen molar-refractivity contribution in [1.29, 1.82) is 0 Å². The van der Waals surface area contributed by atoms with E-state index in [2.05, 4.69) is 67.3 Å². The molecule has 1 amide bonds. The fourth-order valence-corrected chi connectivity index (χ4v) is 4.25. The average molecular weight is 445 g/mol. The molecular weight excluding hydrogens is 412 g/mol. The van der Waals surface area contributed by atoms with Gasteiger partial charge in [0.1, 0.15) is 11.5 Å². The van der Waals surface area contributed by atoms with Crippen LogP contribution in [-0.2, 0) is 4.79 Å². The molecule has 1 saturated heterocycles. The number of rotatable bonds is 7. The van der Waals surface area contributed by atoms with Gasteiger partial charge in [0.05, 0.1) is 13.2 Å². The highest BCUT2D eigenvalue weighted by Crippen LogP contribution is 2.30. The molecule has 0 saturated carbocycles. The van der Waals surface area contributed by atoms with Crippen LogP contribution >= 0.6 is 0 Å². The van der Waals surface area contributed by atoms with E-state index in [0.717, 1.165) is 18.8 Å². The van der Waals surface area contributed by atoms with Gasteiger partial charge in [-0.25, -0.2) is 0 Å². The van der Waals surface area contributed by atoms with Gasteiger partial charge in [-0.3, -0.25) is 9.69 Å². The van der Waals surface area contributed by atoms with Crippen molar-refractivity contribution in [2.75, 3.05) is 39.9 Å². The van der Waals surface area contributed by atoms with Crippen LogP contribution in [0.4, 0.5) is 0 Å². The molecule has 0 aromatic heterocycles. The van der Waals surface area contributed by atoms with Crippen molar-refractivity contribution in [3.63, 3.8) is 0 Å². The van der Waals surface area contributed by atoms with E-state index >= 15 is 0 Å². The van der Waals surface area contributed by atoms with Gasteiger partial charge in [-0.1, -0.05) is 59.7 Å². The molecule has 1 heterocycles. The lowest BCUT2D eigenvalue weighted by Crippen LogP contribution is -2.51. The van der Waals surface area contributed by atoms with Crippen LogP contribution in [0.15, 0.2) is 72.8 Å². The summed E-state index contributed by atoms with van der Waals surface area (Å²) in [6, 6.07) is 25.1. The van der Waals surface area contributed by atoms with E-state index in [4.69, 9.17) is 9.47 Å². The third-order valence-electron chi connectivity index (χ3n) is 6.24. The summed E-state index contributed by atoms with van der Waals surface area (Å²) in [5.41, 5.74) is 5.08. The number of ether oxygens (including phenoxy) is 2. The fourth-order valence-electron chi connectivity index (χ4n) is 4.25. The Balaban J connectivity index is 1.39. The first kappa shape index (κ1) is 22.9. The third kappa shape index (κ3) is 5.74. The normalized spacial score (nSPS) is 14.4. The molecule has 33 heavy (non-hydrogen) atoms. The minimum Gasteiger partial charge on any atom is -0.497 e. The molecule has 3 aromatic rings. The molecule has 0 N–H and O–H groups in total. The van der Waals surface area contributed by atoms with E-state index in [0.29, 0.717) is 18.8 Å². The minimum absolute atomic E-state index is 0.0210. The van der Waals surface area contributed by atoms with Gasteiger partial charge < -0.3 is 14.4 Å². The number of nitrogens with zero attached hydrogens (tertiary/aromatic N) is 2. The van der Waals surface area contributed by atoms with Crippen molar-refractivity contribution >= 4 is 5.91 Å². The summed E-state index contributed by atoms with van der Waals surface area (Å²) in [6.45, 7) is 7.30. The number of carbonyl (C=O) groups is 1. The summed E-state index contributed by atoms with van der Waals surface area (Å²) < 4.78 is 10.9. The second-order valence-electron chi connectivity index (χ2n) is 8.60. The summed E-state index contributed by atoms with van der Waals surface area (Å²) >= 11 is 0. The number of methoxy groups -OCH3 is 1. The van der Waals surface area contributed by atoms with Crippen molar-refractivity contribution in [2.45, 2.75) is 19.9 Å². The van der Waals surface area contributed by atoms with Crippen LogP contribution in [0.3, 0.4) is 0 Å². The first-order valence-corrected chi connectivity index (χ1v) is 11.5. The Morgan fingerprint density at radius 1 is 0.758 bits per heavy atom. The first-order chi connectivity index (χ1) is 16.0. The lowest BCUT2D eigenvalue weighted by atomic mass is 9.95. The van der Waals surface area contributed by atoms with E-state index in [1.54, 1.807) is 7.11 Å². The molecule has 0 bridgehead atoms. The topological polar surface area (TPSA) is 42.0 Å². The Morgan fingerprint density at radius 2 is 1.24 bits per heavy atom. The Kier molecular flexibility index (Phi) is 7.30. The van der Waals surface area contributed by atoms with E-state index in [1.165, 1.54) is 22.3 Å². The van der Waals surface area contributed by atoms with E-state index in [1.807, 2.05) is 29.2 Å². The van der Waals surface area contributed by atoms with Gasteiger partial charge in [-0.15, -0.1) is 0 Å². The smallest absolute Gasteiger partial charge is 0.260 e. The van der Waals surface area contributed by atoms with Gasteiger partial charge in [-0.05, 0) is 49.2 Å². The van der Waals surface area contributed by atoms with Crippen LogP contribution in [0.1, 0.15) is 28.3 Å². The number of hydrogen-bond acceptors (Lipinski definition) is 4. The second kappa shape index (κ2) is 10.5. The highest BCUT2D eigenvalue weighted by molar-refractivity contribution is 5.77. The summed E-state index contributed by atoms with van der Waals surface area (Å²) in [4.78, 5) is 17.1. The first-order valence-electron chi connectivity index (χ1n) is 11.5. The third-order valence-corrected chi connectivity index (χ3v) is 6.24. The van der Waals surface area contributed by atoms with E-state index < -0.39 is 0 Å². The SMILES string of the molecule is COc1ccc(OCC(=O)N2CCN(C(c3ccc(C)cc3)c3ccc(C)cc3)CC2)cc1. The van der Waals surface area contributed by atoms with Crippen molar-refractivity contribution in [3.05, 3.63) is 95.1 Å². The van der Waals surface area contributed by atoms with Crippen LogP contribution in [-0.4, -0.2) is 55.6 Å². The van der Waals surface area contributed by atoms with Crippen LogP contribution in [0.2, 0.25) is 0 Å². The predicted molar refractivity (Wildman–Crippen MR) is 131 cm³/mol. The highest BCUT2D eigenvalue weighted by atomic mass is 16.5. The average Bonchev–Trinajstić information content (AvgIpc) is 2.86. The lowest BCUT2D eigenvalue weighted by Gasteiger charge is -2.39. The molecule has 172 valence electrons. The number of aryl methyl sites for hydroxylation is 2. The second-order valence-corrected chi connectivity index (χ2v) is 8.60. The Hall–Kier alpha value is -3.31. The zero-order valence-electron chi connectivity index (χ0n) is 19.7. The van der Waals surface area contributed by atoms with E-state index in [9.17, 15) is 4.79 Å². The highest BCUT2D eigenvalue weighted by Gasteiger charge is 2.28. The molecule has 4 rings (SSSR count). The number of hydrogen-bond donors (Lipinski definition) is 0. The van der Waals surface area contributed by atoms with Crippen LogP contribution in [0, 0.1) is 13.8 Å². The quantitative estimate of drug-likeness (QED) is 0.533. The summed E-state index contributed by atoms with van der Waals surface area (Å²) in [5.74, 6) is 1.45. The molecule has 1 aliphatic rings. The van der Waals surface area contributed by atoms with Gasteiger partial charge in [0.2, 0.25) is 0 Å². The molecule has 5 heteroatoms. The maximum Gasteiger partial charge on any atom is 0.260 e. The largest absolute Gasteiger partial charge is 0.497 e. The van der Waals surface area contributed by atoms with Crippen molar-refractivity contribution in [2.24, 2.45) is 0 Å². The van der Waals surface area contributed by atoms with Gasteiger partial charge in [0.25, 0.3) is 5.91 Å². The number of amides is 1. The summed E-state index contributed by atoms with van der Waals surface area (Å²) in [6.07, 6.45) is 0. The molecule has 1 fully saturated rings. The van der Waals surface area contributed by atoms with Crippen molar-refractivity contribution in [3.8, 4) is 11.5 Å². The Morgan fingerprint density at radius 3 is 1.73 bits per heavy atom.